The van der Waals surface area contributed by atoms with Crippen molar-refractivity contribution in [1.29, 1.82) is 0 Å². The number of carbonyl (C=O) groups is 1. The summed E-state index contributed by atoms with van der Waals surface area (Å²) in [6.07, 6.45) is 0.952. The Balaban J connectivity index is 2.13. The van der Waals surface area contributed by atoms with Crippen LogP contribution < -0.4 is 0 Å². The molecule has 1 unspecified atom stereocenters. The molecule has 0 bridgehead atoms. The number of thioether (sulfide) groups is 1. The summed E-state index contributed by atoms with van der Waals surface area (Å²) < 4.78 is 0. The van der Waals surface area contributed by atoms with Crippen molar-refractivity contribution in [3.05, 3.63) is 33.8 Å². The van der Waals surface area contributed by atoms with E-state index in [1.54, 1.807) is 17.8 Å². The van der Waals surface area contributed by atoms with Crippen LogP contribution >= 0.6 is 35.0 Å². The van der Waals surface area contributed by atoms with Crippen LogP contribution in [0.25, 0.3) is 0 Å². The number of rotatable bonds is 5. The average molecular weight is 333 g/mol. The van der Waals surface area contributed by atoms with Crippen molar-refractivity contribution in [3.8, 4) is 0 Å². The fraction of sp³-hybridized carbons (Fsp3) is 0.500. The number of benzene rings is 1. The van der Waals surface area contributed by atoms with Crippen LogP contribution in [0.15, 0.2) is 18.2 Å². The molecule has 1 heterocycles. The molecule has 3 nitrogen and oxygen atoms in total. The molecular formula is C14H18Cl2N2OS. The van der Waals surface area contributed by atoms with Crippen molar-refractivity contribution >= 4 is 40.9 Å². The zero-order valence-corrected chi connectivity index (χ0v) is 13.9. The average Bonchev–Trinajstić information content (AvgIpc) is 2.74. The summed E-state index contributed by atoms with van der Waals surface area (Å²) >= 11 is 14.0. The summed E-state index contributed by atoms with van der Waals surface area (Å²) in [5.74, 6) is 0.685. The Morgan fingerprint density at radius 1 is 1.40 bits per heavy atom. The second kappa shape index (κ2) is 7.03. The lowest BCUT2D eigenvalue weighted by atomic mass is 10.2. The van der Waals surface area contributed by atoms with Crippen molar-refractivity contribution in [2.75, 3.05) is 32.9 Å². The first kappa shape index (κ1) is 16.0. The minimum atomic E-state index is -0.0177. The maximum atomic E-state index is 12.0. The van der Waals surface area contributed by atoms with Crippen LogP contribution in [-0.4, -0.2) is 48.6 Å². The SMILES string of the molecule is CN(C)CCCN1C(=O)CSC1c1cccc(Cl)c1Cl. The molecule has 0 aromatic heterocycles. The Kier molecular flexibility index (Phi) is 5.61. The van der Waals surface area contributed by atoms with Gasteiger partial charge in [-0.05, 0) is 33.1 Å². The molecule has 0 N–H and O–H groups in total. The van der Waals surface area contributed by atoms with Crippen molar-refractivity contribution in [2.24, 2.45) is 0 Å². The summed E-state index contributed by atoms with van der Waals surface area (Å²) in [4.78, 5) is 16.1. The van der Waals surface area contributed by atoms with Crippen LogP contribution in [0.3, 0.4) is 0 Å². The second-order valence-electron chi connectivity index (χ2n) is 5.05. The topological polar surface area (TPSA) is 23.6 Å². The molecular weight excluding hydrogens is 315 g/mol. The van der Waals surface area contributed by atoms with E-state index in [1.165, 1.54) is 0 Å². The van der Waals surface area contributed by atoms with E-state index in [-0.39, 0.29) is 11.3 Å². The van der Waals surface area contributed by atoms with E-state index in [0.717, 1.165) is 25.1 Å². The molecule has 1 aromatic carbocycles. The number of nitrogens with zero attached hydrogens (tertiary/aromatic N) is 2. The van der Waals surface area contributed by atoms with Gasteiger partial charge in [0, 0.05) is 12.1 Å². The lowest BCUT2D eigenvalue weighted by Crippen LogP contribution is -2.31. The number of carbonyl (C=O) groups excluding carboxylic acids is 1. The minimum Gasteiger partial charge on any atom is -0.326 e. The molecule has 0 spiro atoms. The van der Waals surface area contributed by atoms with Gasteiger partial charge in [-0.25, -0.2) is 0 Å². The van der Waals surface area contributed by atoms with Crippen LogP contribution in [0, 0.1) is 0 Å². The van der Waals surface area contributed by atoms with Gasteiger partial charge < -0.3 is 9.80 Å². The Morgan fingerprint density at radius 3 is 2.85 bits per heavy atom. The Hall–Kier alpha value is -0.420. The summed E-state index contributed by atoms with van der Waals surface area (Å²) in [6.45, 7) is 1.71. The van der Waals surface area contributed by atoms with Gasteiger partial charge in [0.25, 0.3) is 0 Å². The van der Waals surface area contributed by atoms with Crippen molar-refractivity contribution in [2.45, 2.75) is 11.8 Å². The molecule has 110 valence electrons. The molecule has 1 aliphatic rings. The standard InChI is InChI=1S/C14H18Cl2N2OS/c1-17(2)7-4-8-18-12(19)9-20-14(18)10-5-3-6-11(15)13(10)16/h3,5-6,14H,4,7-9H2,1-2H3. The van der Waals surface area contributed by atoms with Crippen LogP contribution in [0.5, 0.6) is 0 Å². The lowest BCUT2D eigenvalue weighted by Gasteiger charge is -2.25. The third-order valence-corrected chi connectivity index (χ3v) is 5.29. The Labute approximate surface area is 134 Å². The van der Waals surface area contributed by atoms with Crippen LogP contribution in [0.4, 0.5) is 0 Å². The predicted molar refractivity (Wildman–Crippen MR) is 86.5 cm³/mol. The maximum absolute atomic E-state index is 12.0. The summed E-state index contributed by atoms with van der Waals surface area (Å²) in [5, 5.41) is 1.08. The van der Waals surface area contributed by atoms with Gasteiger partial charge >= 0.3 is 0 Å². The minimum absolute atomic E-state index is 0.0177. The first-order chi connectivity index (χ1) is 9.50. The van der Waals surface area contributed by atoms with E-state index < -0.39 is 0 Å². The van der Waals surface area contributed by atoms with E-state index in [9.17, 15) is 4.79 Å². The molecule has 1 saturated heterocycles. The fourth-order valence-electron chi connectivity index (χ4n) is 2.22. The van der Waals surface area contributed by atoms with Crippen molar-refractivity contribution < 1.29 is 4.79 Å². The maximum Gasteiger partial charge on any atom is 0.233 e. The largest absolute Gasteiger partial charge is 0.326 e. The van der Waals surface area contributed by atoms with E-state index in [0.29, 0.717) is 15.8 Å². The normalized spacial score (nSPS) is 19.1. The highest BCUT2D eigenvalue weighted by atomic mass is 35.5. The van der Waals surface area contributed by atoms with Crippen molar-refractivity contribution in [1.82, 2.24) is 9.80 Å². The molecule has 0 radical (unpaired) electrons. The molecule has 20 heavy (non-hydrogen) atoms. The fourth-order valence-corrected chi connectivity index (χ4v) is 3.94. The monoisotopic (exact) mass is 332 g/mol. The highest BCUT2D eigenvalue weighted by Crippen LogP contribution is 2.43. The van der Waals surface area contributed by atoms with E-state index in [4.69, 9.17) is 23.2 Å². The third kappa shape index (κ3) is 3.61. The van der Waals surface area contributed by atoms with Gasteiger partial charge in [0.2, 0.25) is 5.91 Å². The molecule has 1 fully saturated rings. The van der Waals surface area contributed by atoms with Crippen LogP contribution in [0.1, 0.15) is 17.4 Å². The van der Waals surface area contributed by atoms with Gasteiger partial charge in [0.15, 0.2) is 0 Å². The number of amides is 1. The highest BCUT2D eigenvalue weighted by molar-refractivity contribution is 8.00. The molecule has 1 amide bonds. The summed E-state index contributed by atoms with van der Waals surface area (Å²) in [5.41, 5.74) is 0.930. The molecule has 1 aliphatic heterocycles. The van der Waals surface area contributed by atoms with Crippen LogP contribution in [-0.2, 0) is 4.79 Å². The number of hydrogen-bond donors (Lipinski definition) is 0. The van der Waals surface area contributed by atoms with E-state index in [1.807, 2.05) is 31.1 Å². The number of halogens is 2. The Bertz CT molecular complexity index is 496. The molecule has 0 saturated carbocycles. The second-order valence-corrected chi connectivity index (χ2v) is 6.90. The summed E-state index contributed by atoms with van der Waals surface area (Å²) in [6, 6.07) is 5.60. The quantitative estimate of drug-likeness (QED) is 0.824. The van der Waals surface area contributed by atoms with Gasteiger partial charge in [-0.1, -0.05) is 35.3 Å². The first-order valence-electron chi connectivity index (χ1n) is 6.50. The smallest absolute Gasteiger partial charge is 0.233 e. The highest BCUT2D eigenvalue weighted by Gasteiger charge is 2.33. The molecule has 1 atom stereocenters. The molecule has 1 aromatic rings. The zero-order valence-electron chi connectivity index (χ0n) is 11.6. The van der Waals surface area contributed by atoms with Gasteiger partial charge in [-0.15, -0.1) is 11.8 Å². The first-order valence-corrected chi connectivity index (χ1v) is 8.31. The van der Waals surface area contributed by atoms with Gasteiger partial charge in [0.1, 0.15) is 5.37 Å². The molecule has 0 aliphatic carbocycles. The van der Waals surface area contributed by atoms with Gasteiger partial charge in [-0.3, -0.25) is 4.79 Å². The third-order valence-electron chi connectivity index (χ3n) is 3.22. The predicted octanol–water partition coefficient (Wildman–Crippen LogP) is 3.52. The number of hydrogen-bond acceptors (Lipinski definition) is 3. The van der Waals surface area contributed by atoms with Crippen LogP contribution in [0.2, 0.25) is 10.0 Å². The van der Waals surface area contributed by atoms with E-state index in [2.05, 4.69) is 4.90 Å². The van der Waals surface area contributed by atoms with Gasteiger partial charge in [0.05, 0.1) is 15.8 Å². The molecule has 6 heteroatoms. The zero-order chi connectivity index (χ0) is 14.7. The molecule has 2 rings (SSSR count). The lowest BCUT2D eigenvalue weighted by molar-refractivity contribution is -0.128. The van der Waals surface area contributed by atoms with Gasteiger partial charge in [-0.2, -0.15) is 0 Å². The Morgan fingerprint density at radius 2 is 2.15 bits per heavy atom. The summed E-state index contributed by atoms with van der Waals surface area (Å²) in [7, 11) is 4.07. The van der Waals surface area contributed by atoms with Crippen molar-refractivity contribution in [3.63, 3.8) is 0 Å². The van der Waals surface area contributed by atoms with E-state index >= 15 is 0 Å².